The molecule has 0 unspecified atom stereocenters. The monoisotopic (exact) mass is 371 g/mol. The summed E-state index contributed by atoms with van der Waals surface area (Å²) in [6, 6.07) is 7.53. The average molecular weight is 371 g/mol. The van der Waals surface area contributed by atoms with Crippen molar-refractivity contribution in [3.63, 3.8) is 0 Å². The number of hydrogen-bond acceptors (Lipinski definition) is 5. The van der Waals surface area contributed by atoms with Crippen LogP contribution in [0.25, 0.3) is 5.76 Å². The second-order valence-corrected chi connectivity index (χ2v) is 6.61. The molecule has 0 spiro atoms. The molecular formula is C20H18FNO5. The summed E-state index contributed by atoms with van der Waals surface area (Å²) in [6.45, 7) is 0.853. The van der Waals surface area contributed by atoms with Crippen molar-refractivity contribution in [1.82, 2.24) is 4.90 Å². The number of aliphatic hydroxyl groups is 1. The van der Waals surface area contributed by atoms with Crippen LogP contribution in [-0.4, -0.2) is 41.0 Å². The molecule has 140 valence electrons. The number of carbonyl (C=O) groups excluding carboxylic acids is 2. The maximum Gasteiger partial charge on any atom is 0.295 e. The van der Waals surface area contributed by atoms with Crippen molar-refractivity contribution in [2.24, 2.45) is 0 Å². The first kappa shape index (κ1) is 17.5. The van der Waals surface area contributed by atoms with Gasteiger partial charge in [0.2, 0.25) is 0 Å². The van der Waals surface area contributed by atoms with Crippen LogP contribution in [0.3, 0.4) is 0 Å². The second-order valence-electron chi connectivity index (χ2n) is 6.61. The molecule has 2 fully saturated rings. The maximum absolute atomic E-state index is 13.2. The minimum Gasteiger partial charge on any atom is -0.507 e. The third kappa shape index (κ3) is 3.14. The number of nitrogens with zero attached hydrogens (tertiary/aromatic N) is 1. The molecule has 2 aliphatic heterocycles. The Bertz CT molecular complexity index is 882. The maximum atomic E-state index is 13.2. The van der Waals surface area contributed by atoms with Crippen molar-refractivity contribution in [2.75, 3.05) is 13.2 Å². The van der Waals surface area contributed by atoms with Gasteiger partial charge in [-0.05, 0) is 49.2 Å². The molecule has 1 aromatic carbocycles. The van der Waals surface area contributed by atoms with E-state index in [4.69, 9.17) is 9.15 Å². The number of hydrogen-bond donors (Lipinski definition) is 1. The van der Waals surface area contributed by atoms with Gasteiger partial charge in [0.15, 0.2) is 0 Å². The summed E-state index contributed by atoms with van der Waals surface area (Å²) in [6.07, 6.45) is 2.98. The number of benzene rings is 1. The number of likely N-dealkylation sites (tertiary alicyclic amines) is 1. The number of amides is 1. The van der Waals surface area contributed by atoms with Crippen LogP contribution in [0, 0.1) is 5.82 Å². The van der Waals surface area contributed by atoms with Crippen LogP contribution in [0.15, 0.2) is 52.7 Å². The lowest BCUT2D eigenvalue weighted by Crippen LogP contribution is -2.36. The molecule has 2 aromatic rings. The van der Waals surface area contributed by atoms with Crippen LogP contribution < -0.4 is 0 Å². The van der Waals surface area contributed by atoms with E-state index < -0.39 is 23.5 Å². The van der Waals surface area contributed by atoms with E-state index in [-0.39, 0.29) is 29.5 Å². The molecule has 2 saturated heterocycles. The zero-order valence-corrected chi connectivity index (χ0v) is 14.4. The Balaban J connectivity index is 1.78. The van der Waals surface area contributed by atoms with E-state index in [9.17, 15) is 19.1 Å². The Kier molecular flexibility index (Phi) is 4.53. The van der Waals surface area contributed by atoms with Gasteiger partial charge in [0.1, 0.15) is 23.4 Å². The Morgan fingerprint density at radius 1 is 1.22 bits per heavy atom. The lowest BCUT2D eigenvalue weighted by Gasteiger charge is -2.25. The Labute approximate surface area is 154 Å². The summed E-state index contributed by atoms with van der Waals surface area (Å²) in [7, 11) is 0. The third-order valence-electron chi connectivity index (χ3n) is 4.89. The quantitative estimate of drug-likeness (QED) is 0.508. The largest absolute Gasteiger partial charge is 0.507 e. The molecule has 1 aromatic heterocycles. The summed E-state index contributed by atoms with van der Waals surface area (Å²) >= 11 is 0. The van der Waals surface area contributed by atoms with E-state index in [0.717, 1.165) is 12.8 Å². The van der Waals surface area contributed by atoms with E-state index in [1.807, 2.05) is 0 Å². The highest BCUT2D eigenvalue weighted by molar-refractivity contribution is 6.46. The van der Waals surface area contributed by atoms with Crippen molar-refractivity contribution in [2.45, 2.75) is 25.0 Å². The van der Waals surface area contributed by atoms with Crippen LogP contribution in [0.1, 0.15) is 30.2 Å². The first-order chi connectivity index (χ1) is 13.1. The van der Waals surface area contributed by atoms with Gasteiger partial charge in [0.05, 0.1) is 17.9 Å². The second kappa shape index (κ2) is 7.00. The fourth-order valence-corrected chi connectivity index (χ4v) is 3.58. The highest BCUT2D eigenvalue weighted by Crippen LogP contribution is 2.40. The zero-order valence-electron chi connectivity index (χ0n) is 14.4. The van der Waals surface area contributed by atoms with Gasteiger partial charge in [-0.2, -0.15) is 0 Å². The summed E-state index contributed by atoms with van der Waals surface area (Å²) in [5.41, 5.74) is 0.183. The van der Waals surface area contributed by atoms with E-state index >= 15 is 0 Å². The van der Waals surface area contributed by atoms with Crippen LogP contribution >= 0.6 is 0 Å². The Hall–Kier alpha value is -2.93. The van der Waals surface area contributed by atoms with Crippen molar-refractivity contribution in [3.05, 3.63) is 65.4 Å². The molecule has 27 heavy (non-hydrogen) atoms. The minimum atomic E-state index is -0.853. The fraction of sp³-hybridized carbons (Fsp3) is 0.300. The first-order valence-electron chi connectivity index (χ1n) is 8.75. The van der Waals surface area contributed by atoms with Gasteiger partial charge in [-0.15, -0.1) is 0 Å². The smallest absolute Gasteiger partial charge is 0.295 e. The summed E-state index contributed by atoms with van der Waals surface area (Å²) in [5.74, 6) is -1.96. The summed E-state index contributed by atoms with van der Waals surface area (Å²) in [4.78, 5) is 26.8. The molecule has 0 aliphatic carbocycles. The van der Waals surface area contributed by atoms with Gasteiger partial charge in [-0.25, -0.2) is 4.39 Å². The summed E-state index contributed by atoms with van der Waals surface area (Å²) < 4.78 is 24.3. The predicted molar refractivity (Wildman–Crippen MR) is 93.1 cm³/mol. The zero-order chi connectivity index (χ0) is 19.0. The standard InChI is InChI=1S/C20H18FNO5/c21-13-7-5-12(6-8-13)18(23)16-17(15-4-2-10-27-15)22(20(25)19(16)24)11-14-3-1-9-26-14/h2,4-8,10,14,17,23H,1,3,9,11H2/t14-,17-/m0/s1. The highest BCUT2D eigenvalue weighted by Gasteiger charge is 2.48. The van der Waals surface area contributed by atoms with Gasteiger partial charge in [0.25, 0.3) is 11.7 Å². The van der Waals surface area contributed by atoms with Gasteiger partial charge in [-0.1, -0.05) is 0 Å². The fourth-order valence-electron chi connectivity index (χ4n) is 3.58. The lowest BCUT2D eigenvalue weighted by molar-refractivity contribution is -0.141. The molecule has 1 N–H and O–H groups in total. The highest BCUT2D eigenvalue weighted by atomic mass is 19.1. The topological polar surface area (TPSA) is 80.0 Å². The number of Topliss-reactive ketones (excluding diaryl/α,β-unsaturated/α-hetero) is 1. The molecule has 0 saturated carbocycles. The van der Waals surface area contributed by atoms with Gasteiger partial charge in [-0.3, -0.25) is 9.59 Å². The molecule has 7 heteroatoms. The molecule has 0 radical (unpaired) electrons. The molecule has 1 amide bonds. The van der Waals surface area contributed by atoms with E-state index in [0.29, 0.717) is 12.4 Å². The van der Waals surface area contributed by atoms with Gasteiger partial charge in [0, 0.05) is 18.7 Å². The normalized spacial score (nSPS) is 24.7. The van der Waals surface area contributed by atoms with Crippen molar-refractivity contribution < 1.29 is 28.2 Å². The predicted octanol–water partition coefficient (Wildman–Crippen LogP) is 3.02. The molecular weight excluding hydrogens is 353 g/mol. The third-order valence-corrected chi connectivity index (χ3v) is 4.89. The van der Waals surface area contributed by atoms with Crippen molar-refractivity contribution in [1.29, 1.82) is 0 Å². The van der Waals surface area contributed by atoms with Gasteiger partial charge >= 0.3 is 0 Å². The van der Waals surface area contributed by atoms with E-state index in [1.165, 1.54) is 35.4 Å². The Morgan fingerprint density at radius 3 is 2.63 bits per heavy atom. The van der Waals surface area contributed by atoms with Crippen LogP contribution in [0.2, 0.25) is 0 Å². The van der Waals surface area contributed by atoms with Crippen LogP contribution in [-0.2, 0) is 14.3 Å². The molecule has 2 aliphatic rings. The Morgan fingerprint density at radius 2 is 2.00 bits per heavy atom. The SMILES string of the molecule is O=C1C(=O)N(C[C@@H]2CCCO2)[C@@H](c2ccco2)C1=C(O)c1ccc(F)cc1. The lowest BCUT2D eigenvalue weighted by atomic mass is 9.99. The van der Waals surface area contributed by atoms with E-state index in [1.54, 1.807) is 12.1 Å². The summed E-state index contributed by atoms with van der Waals surface area (Å²) in [5, 5.41) is 10.7. The average Bonchev–Trinajstić information content (AvgIpc) is 3.40. The number of aliphatic hydroxyl groups excluding tert-OH is 1. The van der Waals surface area contributed by atoms with E-state index in [2.05, 4.69) is 0 Å². The number of furan rings is 1. The first-order valence-corrected chi connectivity index (χ1v) is 8.75. The van der Waals surface area contributed by atoms with Gasteiger partial charge < -0.3 is 19.2 Å². The molecule has 2 atom stereocenters. The van der Waals surface area contributed by atoms with Crippen molar-refractivity contribution in [3.8, 4) is 0 Å². The molecule has 4 rings (SSSR count). The van der Waals surface area contributed by atoms with Crippen molar-refractivity contribution >= 4 is 17.4 Å². The number of rotatable bonds is 4. The molecule has 6 nitrogen and oxygen atoms in total. The molecule has 3 heterocycles. The number of ether oxygens (including phenoxy) is 1. The number of carbonyl (C=O) groups is 2. The number of halogens is 1. The molecule has 0 bridgehead atoms. The number of ketones is 1. The minimum absolute atomic E-state index is 0.0699. The van der Waals surface area contributed by atoms with Crippen LogP contribution in [0.4, 0.5) is 4.39 Å². The van der Waals surface area contributed by atoms with Crippen LogP contribution in [0.5, 0.6) is 0 Å².